The number of thiazole rings is 1. The lowest BCUT2D eigenvalue weighted by Crippen LogP contribution is -2.33. The molecule has 0 radical (unpaired) electrons. The Bertz CT molecular complexity index is 2080. The van der Waals surface area contributed by atoms with Crippen LogP contribution in [0.3, 0.4) is 0 Å². The molecule has 0 spiro atoms. The van der Waals surface area contributed by atoms with Crippen LogP contribution in [0.15, 0.2) is 101 Å². The van der Waals surface area contributed by atoms with Crippen molar-refractivity contribution >= 4 is 63.0 Å². The fourth-order valence-electron chi connectivity index (χ4n) is 5.91. The smallest absolute Gasteiger partial charge is 0.418 e. The molecule has 232 valence electrons. The van der Waals surface area contributed by atoms with Crippen LogP contribution in [0.1, 0.15) is 21.9 Å². The summed E-state index contributed by atoms with van der Waals surface area (Å²) in [6, 6.07) is 24.3. The van der Waals surface area contributed by atoms with Crippen LogP contribution in [-0.2, 0) is 20.6 Å². The third-order valence-corrected chi connectivity index (χ3v) is 10.3. The highest BCUT2D eigenvalue weighted by atomic mass is 32.2. The Labute approximate surface area is 267 Å². The average molecular weight is 662 g/mol. The maximum Gasteiger partial charge on any atom is 0.418 e. The van der Waals surface area contributed by atoms with E-state index in [1.807, 2.05) is 36.4 Å². The SMILES string of the molecule is O=C(COc1ccc([C@H]2c3sc(=O)[nH]c3SC3C(=O)N(c4ccccc4C(F)(F)F)C(=O)C32)cc1)Nc1ccc2ccccc2c1. The van der Waals surface area contributed by atoms with Gasteiger partial charge in [-0.1, -0.05) is 77.7 Å². The number of imide groups is 1. The van der Waals surface area contributed by atoms with E-state index in [4.69, 9.17) is 4.74 Å². The van der Waals surface area contributed by atoms with Crippen LogP contribution in [0.25, 0.3) is 10.8 Å². The van der Waals surface area contributed by atoms with Gasteiger partial charge < -0.3 is 15.0 Å². The van der Waals surface area contributed by atoms with Gasteiger partial charge in [0.1, 0.15) is 11.0 Å². The molecule has 3 amide bonds. The number of halogens is 3. The number of fused-ring (bicyclic) bond motifs is 3. The first-order chi connectivity index (χ1) is 22.1. The van der Waals surface area contributed by atoms with E-state index in [0.717, 1.165) is 46.0 Å². The van der Waals surface area contributed by atoms with Crippen LogP contribution in [0.2, 0.25) is 0 Å². The highest BCUT2D eigenvalue weighted by Crippen LogP contribution is 2.54. The number of nitrogens with one attached hydrogen (secondary N) is 2. The van der Waals surface area contributed by atoms with Gasteiger partial charge in [-0.25, -0.2) is 4.90 Å². The van der Waals surface area contributed by atoms with E-state index in [0.29, 0.717) is 31.8 Å². The summed E-state index contributed by atoms with van der Waals surface area (Å²) in [6.45, 7) is -0.277. The van der Waals surface area contributed by atoms with Gasteiger partial charge in [0.2, 0.25) is 11.8 Å². The molecule has 0 bridgehead atoms. The second-order valence-electron chi connectivity index (χ2n) is 10.7. The molecule has 7 rings (SSSR count). The molecule has 0 saturated carbocycles. The number of carbonyl (C=O) groups excluding carboxylic acids is 3. The van der Waals surface area contributed by atoms with E-state index in [-0.39, 0.29) is 17.4 Å². The zero-order valence-corrected chi connectivity index (χ0v) is 25.2. The maximum atomic E-state index is 13.9. The second-order valence-corrected chi connectivity index (χ2v) is 12.9. The fourth-order valence-corrected chi connectivity index (χ4v) is 8.42. The molecule has 2 aliphatic heterocycles. The Morgan fingerprint density at radius 2 is 1.61 bits per heavy atom. The predicted molar refractivity (Wildman–Crippen MR) is 168 cm³/mol. The van der Waals surface area contributed by atoms with Gasteiger partial charge in [0.05, 0.1) is 22.2 Å². The average Bonchev–Trinajstić information content (AvgIpc) is 3.53. The number of amides is 3. The molecule has 2 aliphatic rings. The summed E-state index contributed by atoms with van der Waals surface area (Å²) in [6.07, 6.45) is -4.79. The van der Waals surface area contributed by atoms with Gasteiger partial charge in [0.25, 0.3) is 5.91 Å². The standard InChI is InChI=1S/C33H22F3N3O5S2/c34-33(35,36)22-7-3-4-8-23(22)39-30(41)26-25(27-29(38-32(43)46-27)45-28(26)31(39)42)18-10-13-21(14-11-18)44-16-24(40)37-20-12-9-17-5-1-2-6-19(17)15-20/h1-15,25-26,28H,16H2,(H,37,40)(H,38,43)/t25-,26?,28?/m1/s1. The molecular weight excluding hydrogens is 640 g/mol. The number of benzene rings is 4. The van der Waals surface area contributed by atoms with E-state index in [2.05, 4.69) is 10.3 Å². The van der Waals surface area contributed by atoms with Gasteiger partial charge in [-0.2, -0.15) is 13.2 Å². The van der Waals surface area contributed by atoms with Crippen molar-refractivity contribution in [2.45, 2.75) is 22.4 Å². The molecule has 2 N–H and O–H groups in total. The molecule has 1 fully saturated rings. The first-order valence-electron chi connectivity index (χ1n) is 14.0. The minimum atomic E-state index is -4.79. The van der Waals surface area contributed by atoms with Crippen molar-refractivity contribution in [1.29, 1.82) is 0 Å². The number of thioether (sulfide) groups is 1. The quantitative estimate of drug-likeness (QED) is 0.203. The van der Waals surface area contributed by atoms with Gasteiger partial charge in [-0.3, -0.25) is 19.2 Å². The van der Waals surface area contributed by atoms with E-state index in [9.17, 15) is 32.3 Å². The lowest BCUT2D eigenvalue weighted by molar-refractivity contribution is -0.137. The summed E-state index contributed by atoms with van der Waals surface area (Å²) >= 11 is 1.87. The van der Waals surface area contributed by atoms with Crippen molar-refractivity contribution in [3.8, 4) is 5.75 Å². The molecule has 1 aromatic heterocycles. The van der Waals surface area contributed by atoms with Crippen LogP contribution >= 0.6 is 23.1 Å². The highest BCUT2D eigenvalue weighted by Gasteiger charge is 2.57. The maximum absolute atomic E-state index is 13.9. The molecular formula is C33H22F3N3O5S2. The Hall–Kier alpha value is -4.88. The third-order valence-electron chi connectivity index (χ3n) is 7.92. The molecule has 0 aliphatic carbocycles. The van der Waals surface area contributed by atoms with Crippen LogP contribution in [-0.4, -0.2) is 34.6 Å². The van der Waals surface area contributed by atoms with E-state index in [1.165, 1.54) is 12.1 Å². The summed E-state index contributed by atoms with van der Waals surface area (Å²) in [5.74, 6) is -3.41. The Morgan fingerprint density at radius 1 is 0.891 bits per heavy atom. The van der Waals surface area contributed by atoms with Crippen molar-refractivity contribution in [3.05, 3.63) is 117 Å². The highest BCUT2D eigenvalue weighted by molar-refractivity contribution is 8.00. The van der Waals surface area contributed by atoms with Gasteiger partial charge in [-0.05, 0) is 52.7 Å². The molecule has 13 heteroatoms. The molecule has 5 aromatic rings. The lowest BCUT2D eigenvalue weighted by Gasteiger charge is -2.29. The Morgan fingerprint density at radius 3 is 2.37 bits per heavy atom. The molecule has 2 unspecified atom stereocenters. The van der Waals surface area contributed by atoms with Crippen LogP contribution in [0, 0.1) is 5.92 Å². The summed E-state index contributed by atoms with van der Waals surface area (Å²) in [4.78, 5) is 55.9. The molecule has 3 atom stereocenters. The van der Waals surface area contributed by atoms with E-state index < -0.39 is 46.3 Å². The number of anilines is 2. The van der Waals surface area contributed by atoms with Gasteiger partial charge >= 0.3 is 11.0 Å². The van der Waals surface area contributed by atoms with E-state index in [1.54, 1.807) is 30.3 Å². The second kappa shape index (κ2) is 11.5. The fraction of sp³-hybridized carbons (Fsp3) is 0.152. The number of H-pyrrole nitrogens is 1. The van der Waals surface area contributed by atoms with Gasteiger partial charge in [0.15, 0.2) is 6.61 Å². The number of hydrogen-bond donors (Lipinski definition) is 2. The number of carbonyl (C=O) groups is 3. The van der Waals surface area contributed by atoms with Crippen molar-refractivity contribution in [2.24, 2.45) is 5.92 Å². The van der Waals surface area contributed by atoms with Crippen LogP contribution < -0.4 is 19.8 Å². The molecule has 46 heavy (non-hydrogen) atoms. The number of hydrogen-bond acceptors (Lipinski definition) is 7. The molecule has 8 nitrogen and oxygen atoms in total. The topological polar surface area (TPSA) is 109 Å². The minimum Gasteiger partial charge on any atom is -0.484 e. The zero-order valence-electron chi connectivity index (χ0n) is 23.5. The summed E-state index contributed by atoms with van der Waals surface area (Å²) in [5, 5.41) is 4.18. The number of nitrogens with zero attached hydrogens (tertiary/aromatic N) is 1. The largest absolute Gasteiger partial charge is 0.484 e. The number of aromatic amines is 1. The third kappa shape index (κ3) is 5.35. The summed E-state index contributed by atoms with van der Waals surface area (Å²) in [7, 11) is 0. The monoisotopic (exact) mass is 661 g/mol. The van der Waals surface area contributed by atoms with Crippen LogP contribution in [0.5, 0.6) is 5.75 Å². The van der Waals surface area contributed by atoms with Crippen molar-refractivity contribution in [3.63, 3.8) is 0 Å². The van der Waals surface area contributed by atoms with Crippen LogP contribution in [0.4, 0.5) is 24.5 Å². The van der Waals surface area contributed by atoms with Crippen molar-refractivity contribution < 1.29 is 32.3 Å². The normalized spacial score (nSPS) is 19.2. The Kier molecular flexibility index (Phi) is 7.44. The van der Waals surface area contributed by atoms with E-state index >= 15 is 0 Å². The number of alkyl halides is 3. The van der Waals surface area contributed by atoms with Crippen molar-refractivity contribution in [1.82, 2.24) is 4.98 Å². The molecule has 4 aromatic carbocycles. The summed E-state index contributed by atoms with van der Waals surface area (Å²) in [5.41, 5.74) is -0.434. The number of rotatable bonds is 6. The number of para-hydroxylation sites is 1. The Balaban J connectivity index is 1.13. The lowest BCUT2D eigenvalue weighted by atomic mass is 9.83. The first-order valence-corrected chi connectivity index (χ1v) is 15.7. The zero-order chi connectivity index (χ0) is 32.2. The molecule has 1 saturated heterocycles. The number of aromatic nitrogens is 1. The number of ether oxygens (including phenoxy) is 1. The first kappa shape index (κ1) is 29.8. The summed E-state index contributed by atoms with van der Waals surface area (Å²) < 4.78 is 47.3. The van der Waals surface area contributed by atoms with Crippen molar-refractivity contribution in [2.75, 3.05) is 16.8 Å². The molecule has 3 heterocycles. The van der Waals surface area contributed by atoms with Gasteiger partial charge in [0, 0.05) is 16.5 Å². The minimum absolute atomic E-state index is 0.277. The van der Waals surface area contributed by atoms with Gasteiger partial charge in [-0.15, -0.1) is 0 Å². The predicted octanol–water partition coefficient (Wildman–Crippen LogP) is 6.42.